The number of rotatable bonds is 1. The molecule has 0 fully saturated rings. The third-order valence-electron chi connectivity index (χ3n) is 1.08. The van der Waals surface area contributed by atoms with Crippen molar-refractivity contribution in [2.75, 3.05) is 0 Å². The molecule has 9 heavy (non-hydrogen) atoms. The van der Waals surface area contributed by atoms with Gasteiger partial charge in [-0.25, -0.2) is 4.98 Å². The van der Waals surface area contributed by atoms with Gasteiger partial charge in [-0.2, -0.15) is 0 Å². The number of halogens is 1. The van der Waals surface area contributed by atoms with Crippen LogP contribution in [0.3, 0.4) is 0 Å². The van der Waals surface area contributed by atoms with Crippen LogP contribution in [0.2, 0.25) is 0 Å². The quantitative estimate of drug-likeness (QED) is 0.724. The first kappa shape index (κ1) is 7.01. The summed E-state index contributed by atoms with van der Waals surface area (Å²) < 4.78 is 2.86. The van der Waals surface area contributed by atoms with Crippen LogP contribution in [0.15, 0.2) is 6.33 Å². The monoisotopic (exact) mass is 238 g/mol. The molecule has 0 aromatic carbocycles. The fourth-order valence-corrected chi connectivity index (χ4v) is 1.00. The van der Waals surface area contributed by atoms with Crippen LogP contribution in [0.5, 0.6) is 0 Å². The number of aliphatic hydroxyl groups excluding tert-OH is 1. The average molecular weight is 238 g/mol. The van der Waals surface area contributed by atoms with Crippen LogP contribution in [0.1, 0.15) is 5.69 Å². The summed E-state index contributed by atoms with van der Waals surface area (Å²) in [5.74, 6) is 0. The molecule has 0 radical (unpaired) electrons. The fourth-order valence-electron chi connectivity index (χ4n) is 0.570. The average Bonchev–Trinajstić information content (AvgIpc) is 2.15. The molecule has 0 aliphatic heterocycles. The first-order chi connectivity index (χ1) is 4.25. The second-order valence-corrected chi connectivity index (χ2v) is 2.77. The van der Waals surface area contributed by atoms with Gasteiger partial charge in [0.15, 0.2) is 0 Å². The van der Waals surface area contributed by atoms with E-state index in [-0.39, 0.29) is 6.61 Å². The summed E-state index contributed by atoms with van der Waals surface area (Å²) in [5, 5.41) is 8.65. The summed E-state index contributed by atoms with van der Waals surface area (Å²) in [6.45, 7) is 0.0269. The van der Waals surface area contributed by atoms with Gasteiger partial charge in [-0.05, 0) is 22.6 Å². The van der Waals surface area contributed by atoms with Crippen molar-refractivity contribution in [2.45, 2.75) is 6.61 Å². The highest BCUT2D eigenvalue weighted by atomic mass is 127. The Morgan fingerprint density at radius 3 is 2.78 bits per heavy atom. The standard InChI is InChI=1S/C5H7IN2O/c1-8-3-7-4(2-9)5(8)6/h3,9H,2H2,1H3. The molecule has 0 bridgehead atoms. The second kappa shape index (κ2) is 2.66. The van der Waals surface area contributed by atoms with Crippen molar-refractivity contribution in [2.24, 2.45) is 7.05 Å². The highest BCUT2D eigenvalue weighted by Crippen LogP contribution is 2.07. The van der Waals surface area contributed by atoms with E-state index >= 15 is 0 Å². The molecule has 0 unspecified atom stereocenters. The molecular formula is C5H7IN2O. The Kier molecular flexibility index (Phi) is 2.07. The van der Waals surface area contributed by atoms with Gasteiger partial charge in [0, 0.05) is 7.05 Å². The predicted octanol–water partition coefficient (Wildman–Crippen LogP) is 0.517. The lowest BCUT2D eigenvalue weighted by molar-refractivity contribution is 0.276. The van der Waals surface area contributed by atoms with E-state index in [0.29, 0.717) is 0 Å². The van der Waals surface area contributed by atoms with Gasteiger partial charge in [-0.3, -0.25) is 0 Å². The van der Waals surface area contributed by atoms with E-state index in [4.69, 9.17) is 5.11 Å². The van der Waals surface area contributed by atoms with Gasteiger partial charge < -0.3 is 9.67 Å². The number of aromatic nitrogens is 2. The molecule has 4 heteroatoms. The molecule has 0 aliphatic rings. The molecule has 1 aromatic heterocycles. The van der Waals surface area contributed by atoms with Gasteiger partial charge in [0.2, 0.25) is 0 Å². The van der Waals surface area contributed by atoms with Gasteiger partial charge in [-0.15, -0.1) is 0 Å². The summed E-state index contributed by atoms with van der Waals surface area (Å²) in [4.78, 5) is 3.94. The molecular weight excluding hydrogens is 231 g/mol. The smallest absolute Gasteiger partial charge is 0.105 e. The predicted molar refractivity (Wildman–Crippen MR) is 41.8 cm³/mol. The molecule has 50 valence electrons. The lowest BCUT2D eigenvalue weighted by Crippen LogP contribution is -1.91. The molecule has 0 saturated carbocycles. The molecule has 1 heterocycles. The van der Waals surface area contributed by atoms with Gasteiger partial charge in [0.25, 0.3) is 0 Å². The molecule has 1 N–H and O–H groups in total. The zero-order chi connectivity index (χ0) is 6.85. The summed E-state index contributed by atoms with van der Waals surface area (Å²) in [5.41, 5.74) is 0.748. The van der Waals surface area contributed by atoms with Crippen LogP contribution in [0.25, 0.3) is 0 Å². The molecule has 0 atom stereocenters. The van der Waals surface area contributed by atoms with E-state index in [2.05, 4.69) is 27.6 Å². The summed E-state index contributed by atoms with van der Waals surface area (Å²) in [6.07, 6.45) is 1.69. The van der Waals surface area contributed by atoms with Gasteiger partial charge in [0.1, 0.15) is 3.70 Å². The van der Waals surface area contributed by atoms with Crippen LogP contribution in [0, 0.1) is 3.70 Å². The van der Waals surface area contributed by atoms with Gasteiger partial charge in [0.05, 0.1) is 18.6 Å². The molecule has 0 aliphatic carbocycles. The Labute approximate surface area is 66.9 Å². The van der Waals surface area contributed by atoms with E-state index in [9.17, 15) is 0 Å². The van der Waals surface area contributed by atoms with Gasteiger partial charge >= 0.3 is 0 Å². The summed E-state index contributed by atoms with van der Waals surface area (Å²) in [6, 6.07) is 0. The topological polar surface area (TPSA) is 38.0 Å². The Bertz CT molecular complexity index is 209. The number of aliphatic hydroxyl groups is 1. The van der Waals surface area contributed by atoms with Crippen molar-refractivity contribution < 1.29 is 5.11 Å². The first-order valence-corrected chi connectivity index (χ1v) is 3.60. The van der Waals surface area contributed by atoms with Crippen molar-refractivity contribution >= 4 is 22.6 Å². The SMILES string of the molecule is Cn1cnc(CO)c1I. The minimum absolute atomic E-state index is 0.0269. The molecule has 1 aromatic rings. The van der Waals surface area contributed by atoms with Gasteiger partial charge in [-0.1, -0.05) is 0 Å². The third kappa shape index (κ3) is 1.24. The minimum atomic E-state index is 0.0269. The number of hydrogen-bond donors (Lipinski definition) is 1. The molecule has 3 nitrogen and oxygen atoms in total. The van der Waals surface area contributed by atoms with Crippen molar-refractivity contribution in [3.05, 3.63) is 15.7 Å². The lowest BCUT2D eigenvalue weighted by Gasteiger charge is -1.91. The Balaban J connectivity index is 3.04. The van der Waals surface area contributed by atoms with Crippen molar-refractivity contribution in [1.82, 2.24) is 9.55 Å². The largest absolute Gasteiger partial charge is 0.390 e. The molecule has 0 amide bonds. The van der Waals surface area contributed by atoms with E-state index in [1.807, 2.05) is 11.6 Å². The molecule has 0 saturated heterocycles. The number of imidazole rings is 1. The maximum absolute atomic E-state index is 8.65. The van der Waals surface area contributed by atoms with Crippen molar-refractivity contribution in [3.8, 4) is 0 Å². The maximum atomic E-state index is 8.65. The highest BCUT2D eigenvalue weighted by molar-refractivity contribution is 14.1. The Morgan fingerprint density at radius 2 is 2.56 bits per heavy atom. The maximum Gasteiger partial charge on any atom is 0.105 e. The number of aryl methyl sites for hydroxylation is 1. The van der Waals surface area contributed by atoms with Crippen LogP contribution >= 0.6 is 22.6 Å². The van der Waals surface area contributed by atoms with Crippen LogP contribution in [-0.4, -0.2) is 14.7 Å². The summed E-state index contributed by atoms with van der Waals surface area (Å²) in [7, 11) is 1.90. The van der Waals surface area contributed by atoms with Crippen molar-refractivity contribution in [3.63, 3.8) is 0 Å². The van der Waals surface area contributed by atoms with Crippen LogP contribution in [-0.2, 0) is 13.7 Å². The van der Waals surface area contributed by atoms with E-state index in [1.54, 1.807) is 6.33 Å². The molecule has 0 spiro atoms. The van der Waals surface area contributed by atoms with E-state index in [0.717, 1.165) is 9.39 Å². The molecule has 1 rings (SSSR count). The van der Waals surface area contributed by atoms with Crippen molar-refractivity contribution in [1.29, 1.82) is 0 Å². The first-order valence-electron chi connectivity index (χ1n) is 2.52. The number of nitrogens with zero attached hydrogens (tertiary/aromatic N) is 2. The van der Waals surface area contributed by atoms with E-state index in [1.165, 1.54) is 0 Å². The van der Waals surface area contributed by atoms with Crippen LogP contribution in [0.4, 0.5) is 0 Å². The second-order valence-electron chi connectivity index (χ2n) is 1.75. The zero-order valence-corrected chi connectivity index (χ0v) is 7.16. The van der Waals surface area contributed by atoms with E-state index < -0.39 is 0 Å². The minimum Gasteiger partial charge on any atom is -0.390 e. The zero-order valence-electron chi connectivity index (χ0n) is 5.00. The van der Waals surface area contributed by atoms with Crippen LogP contribution < -0.4 is 0 Å². The normalized spacial score (nSPS) is 10.1. The third-order valence-corrected chi connectivity index (χ3v) is 2.47. The summed E-state index contributed by atoms with van der Waals surface area (Å²) >= 11 is 2.14. The number of hydrogen-bond acceptors (Lipinski definition) is 2. The Hall–Kier alpha value is -0.100. The fraction of sp³-hybridized carbons (Fsp3) is 0.400. The Morgan fingerprint density at radius 1 is 1.89 bits per heavy atom. The lowest BCUT2D eigenvalue weighted by atomic mass is 10.5. The highest BCUT2D eigenvalue weighted by Gasteiger charge is 2.01.